The first-order valence-corrected chi connectivity index (χ1v) is 13.0. The maximum Gasteiger partial charge on any atom is 0.270 e. The number of nitrogens with one attached hydrogen (secondary N) is 1. The summed E-state index contributed by atoms with van der Waals surface area (Å²) in [6.07, 6.45) is 1.75. The Hall–Kier alpha value is -3.04. The number of carbonyl (C=O) groups excluding carboxylic acids is 2. The summed E-state index contributed by atoms with van der Waals surface area (Å²) in [5.74, 6) is 0.216. The van der Waals surface area contributed by atoms with E-state index in [1.165, 1.54) is 18.9 Å². The minimum Gasteiger partial charge on any atom is -0.493 e. The molecule has 2 amide bonds. The number of ether oxygens (including phenoxy) is 2. The van der Waals surface area contributed by atoms with Crippen LogP contribution in [0, 0.1) is 13.8 Å². The molecule has 6 nitrogen and oxygen atoms in total. The molecular weight excluding hydrogens is 551 g/mol. The molecule has 0 radical (unpaired) electrons. The Bertz CT molecular complexity index is 1420. The van der Waals surface area contributed by atoms with Crippen LogP contribution in [-0.2, 0) is 9.59 Å². The van der Waals surface area contributed by atoms with Gasteiger partial charge in [0.25, 0.3) is 11.8 Å². The number of benzene rings is 3. The monoisotopic (exact) mass is 572 g/mol. The lowest BCUT2D eigenvalue weighted by Gasteiger charge is -2.16. The van der Waals surface area contributed by atoms with E-state index in [1.54, 1.807) is 47.4 Å². The second kappa shape index (κ2) is 11.6. The van der Waals surface area contributed by atoms with Gasteiger partial charge >= 0.3 is 0 Å². The van der Waals surface area contributed by atoms with E-state index in [9.17, 15) is 9.59 Å². The maximum absolute atomic E-state index is 13.1. The number of thioether (sulfide) groups is 1. The first-order chi connectivity index (χ1) is 17.6. The van der Waals surface area contributed by atoms with Crippen molar-refractivity contribution in [2.75, 3.05) is 23.9 Å². The molecule has 1 heterocycles. The average molecular weight is 574 g/mol. The van der Waals surface area contributed by atoms with Crippen LogP contribution in [0.1, 0.15) is 16.7 Å². The molecular formula is C27H22Cl2N2O4S2. The van der Waals surface area contributed by atoms with Gasteiger partial charge in [0.05, 0.1) is 17.7 Å². The Morgan fingerprint density at radius 2 is 1.76 bits per heavy atom. The van der Waals surface area contributed by atoms with Gasteiger partial charge in [-0.2, -0.15) is 0 Å². The van der Waals surface area contributed by atoms with Crippen molar-refractivity contribution in [3.8, 4) is 11.5 Å². The number of hydrogen-bond acceptors (Lipinski definition) is 6. The lowest BCUT2D eigenvalue weighted by molar-refractivity contribution is -0.118. The third kappa shape index (κ3) is 6.45. The minimum absolute atomic E-state index is 0.185. The molecule has 190 valence electrons. The van der Waals surface area contributed by atoms with Crippen molar-refractivity contribution in [1.29, 1.82) is 0 Å². The van der Waals surface area contributed by atoms with Crippen LogP contribution in [0.15, 0.2) is 59.5 Å². The maximum atomic E-state index is 13.1. The molecule has 3 aromatic carbocycles. The molecule has 10 heteroatoms. The number of hydrogen-bond donors (Lipinski definition) is 1. The first kappa shape index (κ1) is 27.0. The van der Waals surface area contributed by atoms with Crippen LogP contribution in [0.25, 0.3) is 6.08 Å². The molecule has 1 saturated heterocycles. The molecule has 0 bridgehead atoms. The molecule has 3 aromatic rings. The Labute approximate surface area is 234 Å². The molecule has 1 aliphatic rings. The topological polar surface area (TPSA) is 67.9 Å². The summed E-state index contributed by atoms with van der Waals surface area (Å²) in [5.41, 5.74) is 4.16. The third-order valence-electron chi connectivity index (χ3n) is 5.53. The van der Waals surface area contributed by atoms with Crippen molar-refractivity contribution in [1.82, 2.24) is 0 Å². The highest BCUT2D eigenvalue weighted by atomic mass is 35.5. The van der Waals surface area contributed by atoms with Crippen molar-refractivity contribution in [3.05, 3.63) is 86.2 Å². The summed E-state index contributed by atoms with van der Waals surface area (Å²) < 4.78 is 11.6. The normalized spacial score (nSPS) is 14.3. The quantitative estimate of drug-likeness (QED) is 0.242. The molecule has 0 aromatic heterocycles. The highest BCUT2D eigenvalue weighted by Crippen LogP contribution is 2.37. The lowest BCUT2D eigenvalue weighted by Crippen LogP contribution is -2.27. The number of carbonyl (C=O) groups is 2. The van der Waals surface area contributed by atoms with Gasteiger partial charge in [0.1, 0.15) is 0 Å². The Kier molecular flexibility index (Phi) is 8.44. The van der Waals surface area contributed by atoms with Gasteiger partial charge in [-0.15, -0.1) is 0 Å². The number of methoxy groups -OCH3 is 1. The second-order valence-corrected chi connectivity index (χ2v) is 10.7. The van der Waals surface area contributed by atoms with Gasteiger partial charge in [-0.1, -0.05) is 59.3 Å². The standard InChI is InChI=1S/C27H22Cl2N2O4S2/c1-15-4-6-21(8-16(15)2)31-26(33)24(37-27(31)36)10-17-5-7-22(23(9-17)34-3)35-14-25(32)30-20-12-18(28)11-19(29)13-20/h4-13H,14H2,1-3H3,(H,30,32)/b24-10-. The Balaban J connectivity index is 1.46. The fourth-order valence-electron chi connectivity index (χ4n) is 3.57. The van der Waals surface area contributed by atoms with Gasteiger partial charge in [-0.05, 0) is 79.1 Å². The van der Waals surface area contributed by atoms with Crippen LogP contribution >= 0.6 is 47.2 Å². The molecule has 0 unspecified atom stereocenters. The zero-order valence-electron chi connectivity index (χ0n) is 20.1. The van der Waals surface area contributed by atoms with Crippen LogP contribution in [0.3, 0.4) is 0 Å². The number of rotatable bonds is 7. The molecule has 0 saturated carbocycles. The fourth-order valence-corrected chi connectivity index (χ4v) is 5.39. The van der Waals surface area contributed by atoms with E-state index < -0.39 is 0 Å². The van der Waals surface area contributed by atoms with Crippen molar-refractivity contribution in [2.45, 2.75) is 13.8 Å². The van der Waals surface area contributed by atoms with Crippen LogP contribution in [0.2, 0.25) is 10.0 Å². The molecule has 0 aliphatic carbocycles. The highest BCUT2D eigenvalue weighted by molar-refractivity contribution is 8.27. The van der Waals surface area contributed by atoms with E-state index in [-0.39, 0.29) is 18.4 Å². The summed E-state index contributed by atoms with van der Waals surface area (Å²) in [7, 11) is 1.50. The summed E-state index contributed by atoms with van der Waals surface area (Å²) >= 11 is 18.7. The largest absolute Gasteiger partial charge is 0.493 e. The molecule has 0 spiro atoms. The fraction of sp³-hybridized carbons (Fsp3) is 0.148. The van der Waals surface area contributed by atoms with E-state index in [1.807, 2.05) is 32.0 Å². The summed E-state index contributed by atoms with van der Waals surface area (Å²) in [4.78, 5) is 27.5. The second-order valence-electron chi connectivity index (χ2n) is 8.19. The first-order valence-electron chi connectivity index (χ1n) is 11.1. The van der Waals surface area contributed by atoms with Crippen molar-refractivity contribution in [3.63, 3.8) is 0 Å². The zero-order chi connectivity index (χ0) is 26.7. The number of aryl methyl sites for hydroxylation is 2. The SMILES string of the molecule is COc1cc(/C=C2\SC(=S)N(c3ccc(C)c(C)c3)C2=O)ccc1OCC(=O)Nc1cc(Cl)cc(Cl)c1. The summed E-state index contributed by atoms with van der Waals surface area (Å²) in [6, 6.07) is 15.7. The van der Waals surface area contributed by atoms with Crippen LogP contribution in [-0.4, -0.2) is 29.9 Å². The summed E-state index contributed by atoms with van der Waals surface area (Å²) in [6.45, 7) is 3.76. The Morgan fingerprint density at radius 3 is 2.43 bits per heavy atom. The smallest absolute Gasteiger partial charge is 0.270 e. The zero-order valence-corrected chi connectivity index (χ0v) is 23.3. The van der Waals surface area contributed by atoms with E-state index in [0.717, 1.165) is 22.4 Å². The third-order valence-corrected chi connectivity index (χ3v) is 7.27. The molecule has 1 aliphatic heterocycles. The molecule has 4 rings (SSSR count). The molecule has 1 fully saturated rings. The minimum atomic E-state index is -0.389. The van der Waals surface area contributed by atoms with Gasteiger partial charge < -0.3 is 14.8 Å². The van der Waals surface area contributed by atoms with Crippen molar-refractivity contribution < 1.29 is 19.1 Å². The van der Waals surface area contributed by atoms with E-state index in [4.69, 9.17) is 44.9 Å². The predicted molar refractivity (Wildman–Crippen MR) is 155 cm³/mol. The Morgan fingerprint density at radius 1 is 1.03 bits per heavy atom. The van der Waals surface area contributed by atoms with E-state index >= 15 is 0 Å². The average Bonchev–Trinajstić information content (AvgIpc) is 3.11. The highest BCUT2D eigenvalue weighted by Gasteiger charge is 2.33. The number of thiocarbonyl (C=S) groups is 1. The van der Waals surface area contributed by atoms with Crippen LogP contribution in [0.5, 0.6) is 11.5 Å². The van der Waals surface area contributed by atoms with Crippen molar-refractivity contribution in [2.24, 2.45) is 0 Å². The number of anilines is 2. The van der Waals surface area contributed by atoms with Crippen molar-refractivity contribution >= 4 is 80.8 Å². The summed E-state index contributed by atoms with van der Waals surface area (Å²) in [5, 5.41) is 3.50. The van der Waals surface area contributed by atoms with Gasteiger partial charge in [-0.3, -0.25) is 14.5 Å². The molecule has 1 N–H and O–H groups in total. The predicted octanol–water partition coefficient (Wildman–Crippen LogP) is 7.04. The number of nitrogens with zero attached hydrogens (tertiary/aromatic N) is 1. The van der Waals surface area contributed by atoms with Gasteiger partial charge in [0.2, 0.25) is 0 Å². The number of halogens is 2. The van der Waals surface area contributed by atoms with Crippen LogP contribution < -0.4 is 19.7 Å². The molecule has 0 atom stereocenters. The van der Waals surface area contributed by atoms with Gasteiger partial charge in [-0.25, -0.2) is 0 Å². The molecule has 37 heavy (non-hydrogen) atoms. The van der Waals surface area contributed by atoms with Gasteiger partial charge in [0.15, 0.2) is 22.4 Å². The van der Waals surface area contributed by atoms with Crippen LogP contribution in [0.4, 0.5) is 11.4 Å². The van der Waals surface area contributed by atoms with Gasteiger partial charge in [0, 0.05) is 15.7 Å². The van der Waals surface area contributed by atoms with E-state index in [0.29, 0.717) is 36.5 Å². The van der Waals surface area contributed by atoms with E-state index in [2.05, 4.69) is 5.32 Å². The number of amides is 2. The lowest BCUT2D eigenvalue weighted by atomic mass is 10.1.